The third kappa shape index (κ3) is 2.74. The first-order chi connectivity index (χ1) is 7.27. The lowest BCUT2D eigenvalue weighted by Gasteiger charge is -2.05. The Hall–Kier alpha value is -0.503. The largest absolute Gasteiger partial charge is 0.106 e. The summed E-state index contributed by atoms with van der Waals surface area (Å²) in [5.74, 6) is 0. The van der Waals surface area contributed by atoms with Crippen molar-refractivity contribution in [3.63, 3.8) is 0 Å². The Morgan fingerprint density at radius 3 is 2.53 bits per heavy atom. The molecule has 0 fully saturated rings. The Balaban J connectivity index is 2.34. The number of hydrogen-bond acceptors (Lipinski definition) is 0. The zero-order valence-electron chi connectivity index (χ0n) is 8.08. The van der Waals surface area contributed by atoms with Crippen LogP contribution in [0.15, 0.2) is 42.5 Å². The van der Waals surface area contributed by atoms with Crippen LogP contribution in [0, 0.1) is 0 Å². The third-order valence-corrected chi connectivity index (χ3v) is 4.49. The lowest BCUT2D eigenvalue weighted by Crippen LogP contribution is -2.16. The fourth-order valence-corrected chi connectivity index (χ4v) is 3.04. The quantitative estimate of drug-likeness (QED) is 0.581. The third-order valence-electron chi connectivity index (χ3n) is 2.24. The van der Waals surface area contributed by atoms with E-state index in [9.17, 15) is 0 Å². The molecule has 0 nitrogen and oxygen atoms in total. The molecule has 2 aromatic carbocycles. The monoisotopic (exact) mass is 252 g/mol. The fourth-order valence-electron chi connectivity index (χ4n) is 1.57. The van der Waals surface area contributed by atoms with Gasteiger partial charge < -0.3 is 0 Å². The van der Waals surface area contributed by atoms with Gasteiger partial charge in [0.05, 0.1) is 9.52 Å². The molecule has 0 unspecified atom stereocenters. The minimum absolute atomic E-state index is 0.262. The van der Waals surface area contributed by atoms with Crippen molar-refractivity contribution in [3.8, 4) is 0 Å². The number of alkyl halides is 2. The molecule has 0 saturated carbocycles. The lowest BCUT2D eigenvalue weighted by atomic mass is 10.1. The Kier molecular flexibility index (Phi) is 3.68. The zero-order valence-corrected chi connectivity index (χ0v) is 10.6. The summed E-state index contributed by atoms with van der Waals surface area (Å²) < 4.78 is 0. The summed E-state index contributed by atoms with van der Waals surface area (Å²) in [4.78, 5) is -0.262. The van der Waals surface area contributed by atoms with Gasteiger partial charge in [-0.1, -0.05) is 47.7 Å². The van der Waals surface area contributed by atoms with Crippen LogP contribution in [-0.4, -0.2) is 14.4 Å². The van der Waals surface area contributed by atoms with E-state index >= 15 is 0 Å². The summed E-state index contributed by atoms with van der Waals surface area (Å²) in [6.45, 7) is 0. The Morgan fingerprint density at radius 2 is 1.73 bits per heavy atom. The van der Waals surface area contributed by atoms with Gasteiger partial charge in [0.1, 0.15) is 4.84 Å². The molecule has 2 radical (unpaired) electrons. The lowest BCUT2D eigenvalue weighted by molar-refractivity contribution is 1.36. The molecule has 0 aliphatic heterocycles. The average Bonchev–Trinajstić information content (AvgIpc) is 2.26. The molecular weight excluding hydrogens is 243 g/mol. The predicted octanol–water partition coefficient (Wildman–Crippen LogP) is 3.39. The summed E-state index contributed by atoms with van der Waals surface area (Å²) in [6.07, 6.45) is 0. The van der Waals surface area contributed by atoms with E-state index in [1.807, 2.05) is 0 Å². The molecule has 0 aliphatic rings. The van der Waals surface area contributed by atoms with Crippen LogP contribution in [0.2, 0.25) is 6.04 Å². The molecule has 0 N–H and O–H groups in total. The topological polar surface area (TPSA) is 0 Å². The highest BCUT2D eigenvalue weighted by atomic mass is 35.5. The van der Waals surface area contributed by atoms with Crippen LogP contribution < -0.4 is 5.19 Å². The van der Waals surface area contributed by atoms with Gasteiger partial charge in [0.2, 0.25) is 0 Å². The Labute approximate surface area is 102 Å². The number of benzene rings is 2. The molecule has 3 heteroatoms. The maximum atomic E-state index is 5.75. The standard InChI is InChI=1S/C12H10Cl2Si/c13-12(14)8-15-11-7-3-5-9-4-1-2-6-10(9)11/h1-7,12H,8H2. The summed E-state index contributed by atoms with van der Waals surface area (Å²) in [7, 11) is 0.675. The average molecular weight is 253 g/mol. The van der Waals surface area contributed by atoms with Gasteiger partial charge in [-0.25, -0.2) is 0 Å². The van der Waals surface area contributed by atoms with Crippen LogP contribution in [0.1, 0.15) is 0 Å². The second kappa shape index (κ2) is 5.02. The Morgan fingerprint density at radius 1 is 1.00 bits per heavy atom. The number of halogens is 2. The zero-order chi connectivity index (χ0) is 10.7. The first-order valence-corrected chi connectivity index (χ1v) is 6.85. The minimum Gasteiger partial charge on any atom is -0.106 e. The van der Waals surface area contributed by atoms with Crippen LogP contribution in [0.3, 0.4) is 0 Å². The second-order valence-corrected chi connectivity index (χ2v) is 5.88. The van der Waals surface area contributed by atoms with Crippen molar-refractivity contribution < 1.29 is 0 Å². The van der Waals surface area contributed by atoms with E-state index in [1.54, 1.807) is 0 Å². The van der Waals surface area contributed by atoms with Crippen LogP contribution in [0.25, 0.3) is 10.8 Å². The van der Waals surface area contributed by atoms with Crippen molar-refractivity contribution in [1.82, 2.24) is 0 Å². The maximum absolute atomic E-state index is 5.75. The van der Waals surface area contributed by atoms with Crippen LogP contribution in [-0.2, 0) is 0 Å². The summed E-state index contributed by atoms with van der Waals surface area (Å²) in [5, 5.41) is 3.94. The van der Waals surface area contributed by atoms with Gasteiger partial charge in [0, 0.05) is 0 Å². The molecule has 0 amide bonds. The SMILES string of the molecule is ClC(Cl)C[Si]c1cccc2ccccc12. The van der Waals surface area contributed by atoms with Crippen molar-refractivity contribution in [2.24, 2.45) is 0 Å². The fraction of sp³-hybridized carbons (Fsp3) is 0.167. The molecule has 2 aromatic rings. The minimum atomic E-state index is -0.262. The molecule has 15 heavy (non-hydrogen) atoms. The Bertz CT molecular complexity index is 449. The van der Waals surface area contributed by atoms with Crippen molar-refractivity contribution in [2.45, 2.75) is 10.9 Å². The van der Waals surface area contributed by atoms with Crippen LogP contribution in [0.4, 0.5) is 0 Å². The van der Waals surface area contributed by atoms with Crippen molar-refractivity contribution in [3.05, 3.63) is 42.5 Å². The van der Waals surface area contributed by atoms with Gasteiger partial charge in [-0.2, -0.15) is 0 Å². The second-order valence-electron chi connectivity index (χ2n) is 3.30. The van der Waals surface area contributed by atoms with E-state index in [0.717, 1.165) is 6.04 Å². The van der Waals surface area contributed by atoms with E-state index < -0.39 is 0 Å². The first-order valence-electron chi connectivity index (χ1n) is 4.77. The van der Waals surface area contributed by atoms with E-state index in [1.165, 1.54) is 16.0 Å². The van der Waals surface area contributed by atoms with Crippen molar-refractivity contribution >= 4 is 48.7 Å². The van der Waals surface area contributed by atoms with Gasteiger partial charge >= 0.3 is 0 Å². The highest BCUT2D eigenvalue weighted by Crippen LogP contribution is 2.12. The van der Waals surface area contributed by atoms with E-state index in [0.29, 0.717) is 9.52 Å². The van der Waals surface area contributed by atoms with E-state index in [-0.39, 0.29) is 4.84 Å². The number of fused-ring (bicyclic) bond motifs is 1. The predicted molar refractivity (Wildman–Crippen MR) is 69.6 cm³/mol. The van der Waals surface area contributed by atoms with Crippen molar-refractivity contribution in [1.29, 1.82) is 0 Å². The van der Waals surface area contributed by atoms with Crippen LogP contribution >= 0.6 is 23.2 Å². The van der Waals surface area contributed by atoms with Gasteiger partial charge in [-0.05, 0) is 16.8 Å². The summed E-state index contributed by atoms with van der Waals surface area (Å²) >= 11 is 11.5. The summed E-state index contributed by atoms with van der Waals surface area (Å²) in [6, 6.07) is 15.6. The van der Waals surface area contributed by atoms with Gasteiger partial charge in [0.25, 0.3) is 0 Å². The maximum Gasteiger partial charge on any atom is 0.105 e. The molecule has 0 saturated heterocycles. The molecule has 0 spiro atoms. The molecule has 0 atom stereocenters. The molecule has 0 heterocycles. The highest BCUT2D eigenvalue weighted by Gasteiger charge is 2.04. The van der Waals surface area contributed by atoms with Gasteiger partial charge in [-0.3, -0.25) is 0 Å². The van der Waals surface area contributed by atoms with Crippen molar-refractivity contribution in [2.75, 3.05) is 0 Å². The first kappa shape index (κ1) is 11.0. The molecule has 76 valence electrons. The van der Waals surface area contributed by atoms with E-state index in [2.05, 4.69) is 42.5 Å². The van der Waals surface area contributed by atoms with Crippen LogP contribution in [0.5, 0.6) is 0 Å². The van der Waals surface area contributed by atoms with Gasteiger partial charge in [0.15, 0.2) is 0 Å². The normalized spacial score (nSPS) is 11.1. The van der Waals surface area contributed by atoms with Gasteiger partial charge in [-0.15, -0.1) is 23.2 Å². The molecular formula is C12H10Cl2Si. The number of rotatable bonds is 3. The molecule has 0 aromatic heterocycles. The molecule has 2 rings (SSSR count). The van der Waals surface area contributed by atoms with E-state index in [4.69, 9.17) is 23.2 Å². The molecule has 0 aliphatic carbocycles. The smallest absolute Gasteiger partial charge is 0.105 e. The highest BCUT2D eigenvalue weighted by molar-refractivity contribution is 6.60. The molecule has 0 bridgehead atoms. The summed E-state index contributed by atoms with van der Waals surface area (Å²) in [5.41, 5.74) is 0. The number of hydrogen-bond donors (Lipinski definition) is 0.